The van der Waals surface area contributed by atoms with Crippen molar-refractivity contribution < 1.29 is 23.5 Å². The molecular weight excluding hydrogens is 604 g/mol. The highest BCUT2D eigenvalue weighted by atomic mass is 79.9. The van der Waals surface area contributed by atoms with E-state index in [0.717, 1.165) is 37.0 Å². The van der Waals surface area contributed by atoms with E-state index in [1.165, 1.54) is 17.7 Å². The molecular formula is C33H40BrF2N3O3. The third-order valence-corrected chi connectivity index (χ3v) is 7.46. The molecule has 3 aromatic carbocycles. The number of nitrogens with one attached hydrogen (secondary N) is 2. The molecule has 3 rings (SSSR count). The number of amides is 2. The Hall–Kier alpha value is -3.14. The maximum atomic E-state index is 14.6. The van der Waals surface area contributed by atoms with E-state index in [2.05, 4.69) is 39.6 Å². The molecule has 0 spiro atoms. The van der Waals surface area contributed by atoms with Crippen molar-refractivity contribution in [2.24, 2.45) is 0 Å². The van der Waals surface area contributed by atoms with Gasteiger partial charge in [0.25, 0.3) is 11.8 Å². The highest BCUT2D eigenvalue weighted by molar-refractivity contribution is 9.10. The van der Waals surface area contributed by atoms with Crippen molar-refractivity contribution in [1.29, 1.82) is 0 Å². The molecule has 2 amide bonds. The zero-order valence-electron chi connectivity index (χ0n) is 24.4. The van der Waals surface area contributed by atoms with Crippen LogP contribution in [-0.4, -0.2) is 53.6 Å². The summed E-state index contributed by atoms with van der Waals surface area (Å²) in [6.45, 7) is 7.91. The number of carbonyl (C=O) groups is 2. The van der Waals surface area contributed by atoms with Crippen molar-refractivity contribution in [2.75, 3.05) is 19.6 Å². The summed E-state index contributed by atoms with van der Waals surface area (Å²) in [6, 6.07) is 15.2. The number of benzene rings is 3. The molecule has 9 heteroatoms. The number of hydrogen-bond donors (Lipinski definition) is 3. The maximum Gasteiger partial charge on any atom is 0.253 e. The number of rotatable bonds is 15. The fourth-order valence-corrected chi connectivity index (χ4v) is 5.30. The summed E-state index contributed by atoms with van der Waals surface area (Å²) in [5, 5.41) is 17.2. The van der Waals surface area contributed by atoms with Crippen LogP contribution in [0, 0.1) is 11.6 Å². The van der Waals surface area contributed by atoms with Crippen molar-refractivity contribution in [3.63, 3.8) is 0 Å². The third-order valence-electron chi connectivity index (χ3n) is 7.00. The summed E-state index contributed by atoms with van der Waals surface area (Å²) in [5.74, 6) is -2.16. The molecule has 226 valence electrons. The van der Waals surface area contributed by atoms with Gasteiger partial charge in [0.15, 0.2) is 0 Å². The lowest BCUT2D eigenvalue weighted by molar-refractivity contribution is 0.0755. The Morgan fingerprint density at radius 3 is 2.29 bits per heavy atom. The van der Waals surface area contributed by atoms with Gasteiger partial charge in [-0.3, -0.25) is 9.59 Å². The minimum atomic E-state index is -1.09. The van der Waals surface area contributed by atoms with Gasteiger partial charge in [-0.25, -0.2) is 8.78 Å². The van der Waals surface area contributed by atoms with Crippen molar-refractivity contribution in [2.45, 2.75) is 65.1 Å². The van der Waals surface area contributed by atoms with Crippen LogP contribution in [0.1, 0.15) is 71.0 Å². The van der Waals surface area contributed by atoms with Gasteiger partial charge in [0.1, 0.15) is 11.6 Å². The average Bonchev–Trinajstić information content (AvgIpc) is 2.97. The summed E-state index contributed by atoms with van der Waals surface area (Å²) in [4.78, 5) is 28.4. The van der Waals surface area contributed by atoms with Gasteiger partial charge in [0.2, 0.25) is 0 Å². The van der Waals surface area contributed by atoms with E-state index in [-0.39, 0.29) is 30.0 Å². The lowest BCUT2D eigenvalue weighted by atomic mass is 9.99. The molecule has 0 bridgehead atoms. The highest BCUT2D eigenvalue weighted by Gasteiger charge is 2.25. The quantitative estimate of drug-likeness (QED) is 0.189. The van der Waals surface area contributed by atoms with E-state index in [0.29, 0.717) is 29.7 Å². The summed E-state index contributed by atoms with van der Waals surface area (Å²) >= 11 is 3.41. The standard InChI is InChI=1S/C33H40BrF2N3O3/c1-4-12-39(13-5-2)33(42)26-15-25(16-27(34)17-26)32(41)38-30(18-24-10-11-28(35)19-29(24)36)31(40)21-37-20-23-9-7-8-22(6-3)14-23/h7-11,14-17,19,30-31,37,40H,4-6,12-13,18,20-21H2,1-3H3,(H,38,41)/t30-,31+/m0/s1. The van der Waals surface area contributed by atoms with Crippen LogP contribution in [0.2, 0.25) is 0 Å². The Bertz CT molecular complexity index is 1350. The van der Waals surface area contributed by atoms with Gasteiger partial charge in [0, 0.05) is 47.8 Å². The summed E-state index contributed by atoms with van der Waals surface area (Å²) in [6.07, 6.45) is 1.37. The van der Waals surface area contributed by atoms with Crippen LogP contribution < -0.4 is 10.6 Å². The number of carbonyl (C=O) groups excluding carboxylic acids is 2. The molecule has 3 aromatic rings. The van der Waals surface area contributed by atoms with Gasteiger partial charge in [-0.2, -0.15) is 0 Å². The van der Waals surface area contributed by atoms with E-state index in [4.69, 9.17) is 0 Å². The van der Waals surface area contributed by atoms with Gasteiger partial charge >= 0.3 is 0 Å². The molecule has 0 aliphatic rings. The lowest BCUT2D eigenvalue weighted by Crippen LogP contribution is -2.48. The second-order valence-electron chi connectivity index (χ2n) is 10.4. The van der Waals surface area contributed by atoms with Crippen molar-refractivity contribution in [3.8, 4) is 0 Å². The van der Waals surface area contributed by atoms with Crippen LogP contribution in [0.15, 0.2) is 65.1 Å². The minimum Gasteiger partial charge on any atom is -0.390 e. The third kappa shape index (κ3) is 9.71. The predicted octanol–water partition coefficient (Wildman–Crippen LogP) is 6.04. The molecule has 0 saturated heterocycles. The molecule has 3 N–H and O–H groups in total. The molecule has 0 unspecified atom stereocenters. The molecule has 0 fully saturated rings. The van der Waals surface area contributed by atoms with E-state index >= 15 is 0 Å². The minimum absolute atomic E-state index is 0.0629. The lowest BCUT2D eigenvalue weighted by Gasteiger charge is -2.25. The normalized spacial score (nSPS) is 12.5. The van der Waals surface area contributed by atoms with Crippen LogP contribution >= 0.6 is 15.9 Å². The zero-order valence-corrected chi connectivity index (χ0v) is 26.0. The van der Waals surface area contributed by atoms with Gasteiger partial charge in [-0.05, 0) is 66.6 Å². The molecule has 0 aliphatic heterocycles. The number of halogens is 3. The fraction of sp³-hybridized carbons (Fsp3) is 0.394. The van der Waals surface area contributed by atoms with Crippen molar-refractivity contribution in [1.82, 2.24) is 15.5 Å². The average molecular weight is 645 g/mol. The van der Waals surface area contributed by atoms with E-state index in [1.807, 2.05) is 32.0 Å². The van der Waals surface area contributed by atoms with Gasteiger partial charge in [-0.1, -0.05) is 67.0 Å². The van der Waals surface area contributed by atoms with Crippen molar-refractivity contribution >= 4 is 27.7 Å². The number of aliphatic hydroxyl groups excluding tert-OH is 1. The summed E-state index contributed by atoms with van der Waals surface area (Å²) in [7, 11) is 0. The molecule has 0 radical (unpaired) electrons. The molecule has 42 heavy (non-hydrogen) atoms. The molecule has 2 atom stereocenters. The van der Waals surface area contributed by atoms with E-state index < -0.39 is 29.7 Å². The summed E-state index contributed by atoms with van der Waals surface area (Å²) in [5.41, 5.74) is 3.01. The first-order chi connectivity index (χ1) is 20.1. The van der Waals surface area contributed by atoms with Gasteiger partial charge in [0.05, 0.1) is 12.1 Å². The number of aliphatic hydroxyl groups is 1. The second kappa shape index (κ2) is 16.5. The largest absolute Gasteiger partial charge is 0.390 e. The number of aryl methyl sites for hydroxylation is 1. The fourth-order valence-electron chi connectivity index (χ4n) is 4.81. The SMILES string of the molecule is CCCN(CCC)C(=O)c1cc(Br)cc(C(=O)N[C@@H](Cc2ccc(F)cc2F)[C@H](O)CNCc2cccc(CC)c2)c1. The number of hydrogen-bond acceptors (Lipinski definition) is 4. The Kier molecular flexibility index (Phi) is 13.1. The topological polar surface area (TPSA) is 81.7 Å². The first kappa shape index (κ1) is 33.4. The Labute approximate surface area is 255 Å². The summed E-state index contributed by atoms with van der Waals surface area (Å²) < 4.78 is 28.7. The maximum absolute atomic E-state index is 14.6. The van der Waals surface area contributed by atoms with Gasteiger partial charge in [-0.15, -0.1) is 0 Å². The zero-order chi connectivity index (χ0) is 30.6. The van der Waals surface area contributed by atoms with Crippen LogP contribution in [0.4, 0.5) is 8.78 Å². The molecule has 0 aliphatic carbocycles. The van der Waals surface area contributed by atoms with Gasteiger partial charge < -0.3 is 20.6 Å². The van der Waals surface area contributed by atoms with Crippen LogP contribution in [0.5, 0.6) is 0 Å². The monoisotopic (exact) mass is 643 g/mol. The number of nitrogens with zero attached hydrogens (tertiary/aromatic N) is 1. The van der Waals surface area contributed by atoms with E-state index in [9.17, 15) is 23.5 Å². The van der Waals surface area contributed by atoms with Crippen molar-refractivity contribution in [3.05, 3.63) is 105 Å². The first-order valence-corrected chi connectivity index (χ1v) is 15.3. The smallest absolute Gasteiger partial charge is 0.253 e. The Balaban J connectivity index is 1.80. The van der Waals surface area contributed by atoms with Crippen LogP contribution in [-0.2, 0) is 19.4 Å². The van der Waals surface area contributed by atoms with Crippen LogP contribution in [0.3, 0.4) is 0 Å². The molecule has 0 aromatic heterocycles. The van der Waals surface area contributed by atoms with E-state index in [1.54, 1.807) is 17.0 Å². The first-order valence-electron chi connectivity index (χ1n) is 14.5. The molecule has 0 saturated carbocycles. The Morgan fingerprint density at radius 1 is 0.929 bits per heavy atom. The second-order valence-corrected chi connectivity index (χ2v) is 11.3. The van der Waals surface area contributed by atoms with Crippen LogP contribution in [0.25, 0.3) is 0 Å². The Morgan fingerprint density at radius 2 is 1.62 bits per heavy atom. The molecule has 0 heterocycles. The predicted molar refractivity (Wildman–Crippen MR) is 165 cm³/mol. The molecule has 6 nitrogen and oxygen atoms in total. The highest BCUT2D eigenvalue weighted by Crippen LogP contribution is 2.19.